The van der Waals surface area contributed by atoms with Gasteiger partial charge in [0.05, 0.1) is 22.3 Å². The van der Waals surface area contributed by atoms with Crippen LogP contribution in [0.15, 0.2) is 52.3 Å². The van der Waals surface area contributed by atoms with Gasteiger partial charge in [-0.3, -0.25) is 0 Å². The second-order valence-corrected chi connectivity index (χ2v) is 7.50. The molecule has 0 spiro atoms. The summed E-state index contributed by atoms with van der Waals surface area (Å²) in [6.07, 6.45) is 0.921. The average Bonchev–Trinajstić information content (AvgIpc) is 3.27. The molecule has 2 aromatic heterocycles. The highest BCUT2D eigenvalue weighted by molar-refractivity contribution is 7.13. The highest BCUT2D eigenvalue weighted by Crippen LogP contribution is 2.39. The summed E-state index contributed by atoms with van der Waals surface area (Å²) in [5, 5.41) is 12.2. The van der Waals surface area contributed by atoms with Crippen LogP contribution in [-0.2, 0) is 0 Å². The Morgan fingerprint density at radius 2 is 1.96 bits per heavy atom. The third-order valence-electron chi connectivity index (χ3n) is 4.07. The van der Waals surface area contributed by atoms with Gasteiger partial charge in [-0.25, -0.2) is 9.99 Å². The minimum Gasteiger partial charge on any atom is -0.231 e. The Morgan fingerprint density at radius 1 is 1.09 bits per heavy atom. The third kappa shape index (κ3) is 2.71. The number of benzene rings is 1. The van der Waals surface area contributed by atoms with E-state index >= 15 is 0 Å². The van der Waals surface area contributed by atoms with Crippen molar-refractivity contribution in [2.24, 2.45) is 5.10 Å². The summed E-state index contributed by atoms with van der Waals surface area (Å²) in [6, 6.07) is 13.0. The Bertz CT molecular complexity index is 849. The van der Waals surface area contributed by atoms with Crippen molar-refractivity contribution in [2.45, 2.75) is 26.3 Å². The molecular weight excluding hydrogens is 322 g/mol. The molecule has 0 bridgehead atoms. The fraction of sp³-hybridized carbons (Fsp3) is 0.222. The summed E-state index contributed by atoms with van der Waals surface area (Å²) in [4.78, 5) is 5.90. The molecule has 3 nitrogen and oxygen atoms in total. The first kappa shape index (κ1) is 14.6. The zero-order valence-electron chi connectivity index (χ0n) is 13.1. The lowest BCUT2D eigenvalue weighted by Crippen LogP contribution is -2.19. The van der Waals surface area contributed by atoms with Crippen LogP contribution < -0.4 is 5.01 Å². The molecule has 1 atom stereocenters. The van der Waals surface area contributed by atoms with Gasteiger partial charge >= 0.3 is 0 Å². The van der Waals surface area contributed by atoms with Crippen molar-refractivity contribution in [1.82, 2.24) is 4.98 Å². The first-order valence-corrected chi connectivity index (χ1v) is 9.36. The number of thiophene rings is 1. The average molecular weight is 339 g/mol. The molecule has 0 radical (unpaired) electrons. The minimum atomic E-state index is 0.221. The van der Waals surface area contributed by atoms with Gasteiger partial charge in [0, 0.05) is 11.8 Å². The number of hydrogen-bond donors (Lipinski definition) is 0. The summed E-state index contributed by atoms with van der Waals surface area (Å²) in [5.41, 5.74) is 4.84. The third-order valence-corrected chi connectivity index (χ3v) is 5.93. The van der Waals surface area contributed by atoms with Crippen LogP contribution in [0.25, 0.3) is 0 Å². The van der Waals surface area contributed by atoms with Gasteiger partial charge in [0.25, 0.3) is 0 Å². The maximum atomic E-state index is 4.92. The van der Waals surface area contributed by atoms with E-state index in [1.54, 1.807) is 22.7 Å². The second kappa shape index (κ2) is 5.91. The molecule has 5 heteroatoms. The molecule has 1 aliphatic rings. The van der Waals surface area contributed by atoms with E-state index < -0.39 is 0 Å². The molecule has 3 heterocycles. The molecule has 0 saturated carbocycles. The summed E-state index contributed by atoms with van der Waals surface area (Å²) in [5.74, 6) is 0. The molecule has 0 aliphatic carbocycles. The van der Waals surface area contributed by atoms with E-state index in [-0.39, 0.29) is 6.04 Å². The van der Waals surface area contributed by atoms with E-state index in [9.17, 15) is 0 Å². The maximum absolute atomic E-state index is 4.92. The van der Waals surface area contributed by atoms with Crippen molar-refractivity contribution in [3.63, 3.8) is 0 Å². The van der Waals surface area contributed by atoms with Gasteiger partial charge in [-0.1, -0.05) is 30.3 Å². The van der Waals surface area contributed by atoms with Gasteiger partial charge < -0.3 is 0 Å². The summed E-state index contributed by atoms with van der Waals surface area (Å²) >= 11 is 3.41. The molecule has 0 fully saturated rings. The molecule has 0 unspecified atom stereocenters. The Labute approximate surface area is 143 Å². The van der Waals surface area contributed by atoms with Gasteiger partial charge in [-0.15, -0.1) is 22.7 Å². The highest BCUT2D eigenvalue weighted by atomic mass is 32.1. The SMILES string of the molecule is Cc1csc(N2N=C(c3cccs3)C[C@@H]2c2ccccc2C)n1. The predicted octanol–water partition coefficient (Wildman–Crippen LogP) is 5.18. The Hall–Kier alpha value is -1.98. The molecule has 23 heavy (non-hydrogen) atoms. The van der Waals surface area contributed by atoms with Crippen molar-refractivity contribution < 1.29 is 0 Å². The molecule has 116 valence electrons. The highest BCUT2D eigenvalue weighted by Gasteiger charge is 2.32. The van der Waals surface area contributed by atoms with Crippen molar-refractivity contribution in [3.8, 4) is 0 Å². The van der Waals surface area contributed by atoms with Gasteiger partial charge in [-0.2, -0.15) is 5.10 Å². The summed E-state index contributed by atoms with van der Waals surface area (Å²) < 4.78 is 0. The van der Waals surface area contributed by atoms with Crippen LogP contribution in [0.3, 0.4) is 0 Å². The number of aryl methyl sites for hydroxylation is 2. The standard InChI is InChI=1S/C18H17N3S2/c1-12-6-3-4-7-14(12)16-10-15(17-8-5-9-22-17)20-21(16)18-19-13(2)11-23-18/h3-9,11,16H,10H2,1-2H3/t16-/m1/s1. The molecule has 4 rings (SSSR count). The first-order chi connectivity index (χ1) is 11.2. The molecule has 1 aromatic carbocycles. The molecule has 3 aromatic rings. The second-order valence-electron chi connectivity index (χ2n) is 5.72. The Balaban J connectivity index is 1.77. The van der Waals surface area contributed by atoms with E-state index in [0.717, 1.165) is 23.0 Å². The molecular formula is C18H17N3S2. The predicted molar refractivity (Wildman–Crippen MR) is 98.7 cm³/mol. The molecule has 0 amide bonds. The lowest BCUT2D eigenvalue weighted by atomic mass is 9.97. The van der Waals surface area contributed by atoms with Crippen LogP contribution in [-0.4, -0.2) is 10.7 Å². The van der Waals surface area contributed by atoms with Crippen LogP contribution in [0.1, 0.15) is 34.2 Å². The zero-order chi connectivity index (χ0) is 15.8. The zero-order valence-corrected chi connectivity index (χ0v) is 14.7. The number of nitrogens with zero attached hydrogens (tertiary/aromatic N) is 3. The normalized spacial score (nSPS) is 17.6. The van der Waals surface area contributed by atoms with Crippen LogP contribution >= 0.6 is 22.7 Å². The number of hydrazone groups is 1. The summed E-state index contributed by atoms with van der Waals surface area (Å²) in [6.45, 7) is 4.20. The van der Waals surface area contributed by atoms with Gasteiger partial charge in [0.2, 0.25) is 5.13 Å². The fourth-order valence-corrected chi connectivity index (χ4v) is 4.45. The van der Waals surface area contributed by atoms with E-state index in [1.807, 2.05) is 6.92 Å². The number of thiazole rings is 1. The topological polar surface area (TPSA) is 28.5 Å². The lowest BCUT2D eigenvalue weighted by Gasteiger charge is -2.22. The monoisotopic (exact) mass is 339 g/mol. The molecule has 0 saturated heterocycles. The van der Waals surface area contributed by atoms with Gasteiger partial charge in [0.1, 0.15) is 0 Å². The largest absolute Gasteiger partial charge is 0.231 e. The van der Waals surface area contributed by atoms with E-state index in [0.29, 0.717) is 0 Å². The maximum Gasteiger partial charge on any atom is 0.206 e. The van der Waals surface area contributed by atoms with Crippen molar-refractivity contribution in [1.29, 1.82) is 0 Å². The van der Waals surface area contributed by atoms with Crippen LogP contribution in [0.2, 0.25) is 0 Å². The van der Waals surface area contributed by atoms with Crippen LogP contribution in [0.5, 0.6) is 0 Å². The van der Waals surface area contributed by atoms with E-state index in [2.05, 4.69) is 64.1 Å². The Morgan fingerprint density at radius 3 is 2.65 bits per heavy atom. The van der Waals surface area contributed by atoms with E-state index in [1.165, 1.54) is 16.0 Å². The van der Waals surface area contributed by atoms with Crippen LogP contribution in [0.4, 0.5) is 5.13 Å². The number of anilines is 1. The smallest absolute Gasteiger partial charge is 0.206 e. The number of rotatable bonds is 3. The number of hydrogen-bond acceptors (Lipinski definition) is 5. The van der Waals surface area contributed by atoms with Gasteiger partial charge in [-0.05, 0) is 36.4 Å². The fourth-order valence-electron chi connectivity index (χ4n) is 2.93. The Kier molecular flexibility index (Phi) is 3.75. The molecule has 1 aliphatic heterocycles. The van der Waals surface area contributed by atoms with Crippen molar-refractivity contribution >= 4 is 33.5 Å². The van der Waals surface area contributed by atoms with Crippen molar-refractivity contribution in [3.05, 3.63) is 68.9 Å². The summed E-state index contributed by atoms with van der Waals surface area (Å²) in [7, 11) is 0. The van der Waals surface area contributed by atoms with Gasteiger partial charge in [0.15, 0.2) is 0 Å². The molecule has 0 N–H and O–H groups in total. The minimum absolute atomic E-state index is 0.221. The first-order valence-electron chi connectivity index (χ1n) is 7.60. The lowest BCUT2D eigenvalue weighted by molar-refractivity contribution is 0.701. The van der Waals surface area contributed by atoms with Crippen molar-refractivity contribution in [2.75, 3.05) is 5.01 Å². The quantitative estimate of drug-likeness (QED) is 0.658. The number of aromatic nitrogens is 1. The van der Waals surface area contributed by atoms with Crippen LogP contribution in [0, 0.1) is 13.8 Å². The van der Waals surface area contributed by atoms with E-state index in [4.69, 9.17) is 5.10 Å².